The van der Waals surface area contributed by atoms with Gasteiger partial charge in [0.25, 0.3) is 0 Å². The Labute approximate surface area is 401 Å². The standard InChI is InChI=1S/C62H41NS/c1-5-19-42(20-6-1)61(43-21-7-2-8-22-43)55-30-16-13-27-49(55)51-36-33-47(40-57(51)61)63(46-35-38-60-54(39-46)53-29-15-18-32-59(53)64-60)48-34-37-52-50-28-14-17-31-56(50)62(58(52)41-48,44-23-9-3-10-24-44)45-25-11-4-12-26-45/h1-41H/i1D,2D,5D,6D,7D,8D,13D,16D,19D,20D,21D,22D,27D,30D,33D,36D,40D. The molecule has 0 spiro atoms. The molecule has 0 saturated carbocycles. The maximum atomic E-state index is 11.0. The fraction of sp³-hybridized carbons (Fsp3) is 0.0323. The summed E-state index contributed by atoms with van der Waals surface area (Å²) in [6, 6.07) is 32.7. The van der Waals surface area contributed by atoms with Crippen LogP contribution >= 0.6 is 11.3 Å². The monoisotopic (exact) mass is 848 g/mol. The summed E-state index contributed by atoms with van der Waals surface area (Å²) in [6.45, 7) is 0. The fourth-order valence-electron chi connectivity index (χ4n) is 10.2. The Bertz CT molecular complexity index is 4410. The predicted molar refractivity (Wildman–Crippen MR) is 269 cm³/mol. The van der Waals surface area contributed by atoms with Crippen molar-refractivity contribution >= 4 is 48.6 Å². The first-order valence-electron chi connectivity index (χ1n) is 29.3. The van der Waals surface area contributed by atoms with Gasteiger partial charge in [0.2, 0.25) is 0 Å². The summed E-state index contributed by atoms with van der Waals surface area (Å²) in [5.74, 6) is 0. The van der Waals surface area contributed by atoms with Gasteiger partial charge in [-0.25, -0.2) is 0 Å². The van der Waals surface area contributed by atoms with Gasteiger partial charge in [0.05, 0.1) is 34.1 Å². The van der Waals surface area contributed by atoms with E-state index in [0.717, 1.165) is 53.6 Å². The third-order valence-electron chi connectivity index (χ3n) is 12.8. The fourth-order valence-corrected chi connectivity index (χ4v) is 11.3. The molecule has 0 radical (unpaired) electrons. The van der Waals surface area contributed by atoms with Gasteiger partial charge in [-0.05, 0) is 115 Å². The SMILES string of the molecule is [2H]c1c([2H])c([2H])c(C2(c3c([2H])c([2H])c([2H])c([2H])c3[2H])c3c([2H])c([2H])c([2H])c([2H])c3-c3c([2H])c([2H])c(N(c4ccc5c(c4)C(c4ccccc4)(c4ccccc4)c4ccccc4-5)c4ccc5sc6ccccc6c5c4)c([2H])c32)c([2H])c1[2H]. The molecule has 13 rings (SSSR count). The van der Waals surface area contributed by atoms with Gasteiger partial charge < -0.3 is 4.90 Å². The van der Waals surface area contributed by atoms with E-state index in [4.69, 9.17) is 11.0 Å². The lowest BCUT2D eigenvalue weighted by Gasteiger charge is -2.36. The lowest BCUT2D eigenvalue weighted by Crippen LogP contribution is -2.29. The molecule has 11 aromatic rings. The zero-order chi connectivity index (χ0) is 57.0. The normalized spacial score (nSPS) is 17.6. The quantitative estimate of drug-likeness (QED) is 0.154. The smallest absolute Gasteiger partial charge is 0.0714 e. The van der Waals surface area contributed by atoms with Crippen LogP contribution in [-0.4, -0.2) is 0 Å². The summed E-state index contributed by atoms with van der Waals surface area (Å²) < 4.78 is 164. The molecule has 0 saturated heterocycles. The molecule has 0 bridgehead atoms. The Kier molecular flexibility index (Phi) is 5.31. The van der Waals surface area contributed by atoms with Crippen LogP contribution in [0.25, 0.3) is 42.4 Å². The van der Waals surface area contributed by atoms with E-state index < -0.39 is 147 Å². The van der Waals surface area contributed by atoms with Crippen molar-refractivity contribution < 1.29 is 23.3 Å². The van der Waals surface area contributed by atoms with E-state index in [1.807, 2.05) is 109 Å². The molecular formula is C62H41NS. The van der Waals surface area contributed by atoms with Gasteiger partial charge in [-0.1, -0.05) is 200 Å². The van der Waals surface area contributed by atoms with Crippen LogP contribution in [0, 0.1) is 0 Å². The van der Waals surface area contributed by atoms with E-state index >= 15 is 0 Å². The minimum Gasteiger partial charge on any atom is -0.310 e. The van der Waals surface area contributed by atoms with E-state index in [1.54, 1.807) is 16.2 Å². The van der Waals surface area contributed by atoms with Gasteiger partial charge in [-0.3, -0.25) is 0 Å². The number of hydrogen-bond donors (Lipinski definition) is 0. The average molecular weight is 849 g/mol. The van der Waals surface area contributed by atoms with Crippen molar-refractivity contribution in [2.45, 2.75) is 10.8 Å². The first-order chi connectivity index (χ1) is 38.8. The molecule has 1 nitrogen and oxygen atoms in total. The molecule has 2 aliphatic carbocycles. The third-order valence-corrected chi connectivity index (χ3v) is 13.9. The largest absolute Gasteiger partial charge is 0.310 e. The van der Waals surface area contributed by atoms with Crippen molar-refractivity contribution in [1.82, 2.24) is 0 Å². The van der Waals surface area contributed by atoms with Crippen LogP contribution in [0.1, 0.15) is 67.8 Å². The Morgan fingerprint density at radius 2 is 0.906 bits per heavy atom. The molecule has 300 valence electrons. The number of anilines is 3. The molecule has 10 aromatic carbocycles. The summed E-state index contributed by atoms with van der Waals surface area (Å²) in [4.78, 5) is 1.63. The number of fused-ring (bicyclic) bond motifs is 9. The molecule has 1 aromatic heterocycles. The van der Waals surface area contributed by atoms with Gasteiger partial charge in [0.15, 0.2) is 0 Å². The maximum absolute atomic E-state index is 11.0. The van der Waals surface area contributed by atoms with Crippen LogP contribution < -0.4 is 4.90 Å². The Balaban J connectivity index is 1.24. The molecule has 64 heavy (non-hydrogen) atoms. The molecule has 2 aliphatic rings. The van der Waals surface area contributed by atoms with Crippen molar-refractivity contribution in [3.05, 3.63) is 293 Å². The van der Waals surface area contributed by atoms with Crippen LogP contribution in [0.5, 0.6) is 0 Å². The summed E-state index contributed by atoms with van der Waals surface area (Å²) in [5.41, 5.74) is -1.76. The van der Waals surface area contributed by atoms with Gasteiger partial charge >= 0.3 is 0 Å². The van der Waals surface area contributed by atoms with Crippen molar-refractivity contribution in [1.29, 1.82) is 0 Å². The van der Waals surface area contributed by atoms with E-state index in [9.17, 15) is 12.3 Å². The second-order valence-electron chi connectivity index (χ2n) is 15.8. The molecule has 0 unspecified atom stereocenters. The molecule has 0 atom stereocenters. The lowest BCUT2D eigenvalue weighted by molar-refractivity contribution is 0.767. The zero-order valence-corrected chi connectivity index (χ0v) is 34.5. The Morgan fingerprint density at radius 3 is 1.66 bits per heavy atom. The Hall–Kier alpha value is -7.78. The highest BCUT2D eigenvalue weighted by atomic mass is 32.1. The first kappa shape index (κ1) is 23.6. The van der Waals surface area contributed by atoms with Crippen LogP contribution in [-0.2, 0) is 10.8 Å². The minimum absolute atomic E-state index is 0.328. The molecule has 0 N–H and O–H groups in total. The lowest BCUT2D eigenvalue weighted by atomic mass is 9.67. The average Bonchev–Trinajstić information content (AvgIpc) is 3.89. The van der Waals surface area contributed by atoms with E-state index in [0.29, 0.717) is 11.4 Å². The molecule has 0 aliphatic heterocycles. The maximum Gasteiger partial charge on any atom is 0.0714 e. The molecular weight excluding hydrogens is 791 g/mol. The summed E-state index contributed by atoms with van der Waals surface area (Å²) in [7, 11) is 0. The van der Waals surface area contributed by atoms with Gasteiger partial charge in [0.1, 0.15) is 0 Å². The topological polar surface area (TPSA) is 3.24 Å². The minimum atomic E-state index is -2.98. The number of rotatable bonds is 7. The molecule has 1 heterocycles. The second-order valence-corrected chi connectivity index (χ2v) is 16.9. The van der Waals surface area contributed by atoms with E-state index in [2.05, 4.69) is 36.4 Å². The number of benzene rings is 10. The Morgan fingerprint density at radius 1 is 0.344 bits per heavy atom. The first-order valence-corrected chi connectivity index (χ1v) is 21.6. The number of hydrogen-bond acceptors (Lipinski definition) is 2. The number of nitrogens with zero attached hydrogens (tertiary/aromatic N) is 1. The van der Waals surface area contributed by atoms with Crippen molar-refractivity contribution in [2.75, 3.05) is 4.90 Å². The molecule has 0 fully saturated rings. The van der Waals surface area contributed by atoms with E-state index in [-0.39, 0.29) is 5.69 Å². The highest BCUT2D eigenvalue weighted by molar-refractivity contribution is 7.25. The van der Waals surface area contributed by atoms with E-state index in [1.165, 1.54) is 0 Å². The zero-order valence-electron chi connectivity index (χ0n) is 50.7. The second kappa shape index (κ2) is 14.4. The van der Waals surface area contributed by atoms with Crippen molar-refractivity contribution in [2.24, 2.45) is 0 Å². The third kappa shape index (κ3) is 5.18. The van der Waals surface area contributed by atoms with Gasteiger partial charge in [-0.2, -0.15) is 0 Å². The molecule has 0 amide bonds. The summed E-state index contributed by atoms with van der Waals surface area (Å²) in [5, 5.41) is 1.71. The van der Waals surface area contributed by atoms with Gasteiger partial charge in [0, 0.05) is 37.2 Å². The molecule has 2 heteroatoms. The van der Waals surface area contributed by atoms with Crippen molar-refractivity contribution in [3.63, 3.8) is 0 Å². The summed E-state index contributed by atoms with van der Waals surface area (Å²) in [6.07, 6.45) is 0. The van der Waals surface area contributed by atoms with Crippen LogP contribution in [0.15, 0.2) is 248 Å². The van der Waals surface area contributed by atoms with Crippen LogP contribution in [0.3, 0.4) is 0 Å². The highest BCUT2D eigenvalue weighted by Crippen LogP contribution is 2.59. The highest BCUT2D eigenvalue weighted by Gasteiger charge is 2.48. The van der Waals surface area contributed by atoms with Crippen LogP contribution in [0.2, 0.25) is 0 Å². The van der Waals surface area contributed by atoms with Gasteiger partial charge in [-0.15, -0.1) is 11.3 Å². The predicted octanol–water partition coefficient (Wildman–Crippen LogP) is 16.3. The summed E-state index contributed by atoms with van der Waals surface area (Å²) >= 11 is 1.56. The number of thiophene rings is 1. The van der Waals surface area contributed by atoms with Crippen LogP contribution in [0.4, 0.5) is 17.1 Å². The van der Waals surface area contributed by atoms with Crippen molar-refractivity contribution in [3.8, 4) is 22.3 Å².